The van der Waals surface area contributed by atoms with Gasteiger partial charge in [-0.1, -0.05) is 74.3 Å². The molecule has 0 fully saturated rings. The molecule has 0 radical (unpaired) electrons. The van der Waals surface area contributed by atoms with Crippen LogP contribution in [0.5, 0.6) is 0 Å². The summed E-state index contributed by atoms with van der Waals surface area (Å²) in [7, 11) is 0. The number of carbonyl (C=O) groups excluding carboxylic acids is 3. The molecular weight excluding hydrogens is 624 g/mol. The first kappa shape index (κ1) is 29.0. The Balaban J connectivity index is 0.000000226. The van der Waals surface area contributed by atoms with Crippen molar-refractivity contribution in [3.8, 4) is 0 Å². The number of hydrogen-bond donors (Lipinski definition) is 1. The SMILES string of the molecule is CC1(C)C(=O)Cc2cc(Br)ccc21.CC1(C)C(=O)N(CCNC(=O)OCc2ccccc2)c2cc(Br)ccc21. The summed E-state index contributed by atoms with van der Waals surface area (Å²) >= 11 is 6.87. The summed E-state index contributed by atoms with van der Waals surface area (Å²) in [5.41, 5.74) is 4.31. The Bertz CT molecular complexity index is 1400. The summed E-state index contributed by atoms with van der Waals surface area (Å²) in [4.78, 5) is 38.0. The molecule has 8 heteroatoms. The van der Waals surface area contributed by atoms with Crippen molar-refractivity contribution in [1.82, 2.24) is 5.32 Å². The van der Waals surface area contributed by atoms with Gasteiger partial charge in [-0.3, -0.25) is 9.59 Å². The number of fused-ring (bicyclic) bond motifs is 2. The minimum atomic E-state index is -0.566. The Hall–Kier alpha value is -2.97. The second-order valence-electron chi connectivity index (χ2n) is 10.8. The van der Waals surface area contributed by atoms with Crippen LogP contribution >= 0.6 is 31.9 Å². The van der Waals surface area contributed by atoms with E-state index in [9.17, 15) is 14.4 Å². The van der Waals surface area contributed by atoms with Crippen LogP contribution in [0.25, 0.3) is 0 Å². The van der Waals surface area contributed by atoms with Gasteiger partial charge in [0.1, 0.15) is 12.4 Å². The van der Waals surface area contributed by atoms with Gasteiger partial charge >= 0.3 is 6.09 Å². The highest BCUT2D eigenvalue weighted by Crippen LogP contribution is 2.42. The van der Waals surface area contributed by atoms with Gasteiger partial charge in [0.15, 0.2) is 0 Å². The lowest BCUT2D eigenvalue weighted by molar-refractivity contribution is -0.122. The summed E-state index contributed by atoms with van der Waals surface area (Å²) in [6.45, 7) is 8.77. The summed E-state index contributed by atoms with van der Waals surface area (Å²) in [6.07, 6.45) is 0.0936. The fourth-order valence-corrected chi connectivity index (χ4v) is 5.70. The number of ketones is 1. The predicted molar refractivity (Wildman–Crippen MR) is 160 cm³/mol. The molecule has 204 valence electrons. The number of hydrogen-bond acceptors (Lipinski definition) is 4. The van der Waals surface area contributed by atoms with E-state index in [-0.39, 0.29) is 17.9 Å². The number of anilines is 1. The molecule has 39 heavy (non-hydrogen) atoms. The quantitative estimate of drug-likeness (QED) is 0.326. The number of carbonyl (C=O) groups is 3. The standard InChI is InChI=1S/C20H21BrN2O3.C11H11BrO/c1-20(2)16-9-8-15(21)12-17(16)23(18(20)24)11-10-22-19(25)26-13-14-6-4-3-5-7-14;1-11(2)9-4-3-8(12)5-7(9)6-10(11)13/h3-9,12H,10-11,13H2,1-2H3,(H,22,25);3-5H,6H2,1-2H3. The van der Waals surface area contributed by atoms with Crippen molar-refractivity contribution in [3.05, 3.63) is 97.9 Å². The maximum atomic E-state index is 12.7. The van der Waals surface area contributed by atoms with E-state index >= 15 is 0 Å². The largest absolute Gasteiger partial charge is 0.445 e. The maximum absolute atomic E-state index is 12.7. The molecule has 6 nitrogen and oxygen atoms in total. The Morgan fingerprint density at radius 3 is 2.23 bits per heavy atom. The van der Waals surface area contributed by atoms with E-state index < -0.39 is 11.5 Å². The lowest BCUT2D eigenvalue weighted by atomic mass is 9.86. The molecule has 5 rings (SSSR count). The van der Waals surface area contributed by atoms with Crippen molar-refractivity contribution in [2.24, 2.45) is 0 Å². The number of nitrogens with zero attached hydrogens (tertiary/aromatic N) is 1. The van der Waals surface area contributed by atoms with E-state index in [1.807, 2.05) is 94.4 Å². The van der Waals surface area contributed by atoms with Crippen molar-refractivity contribution in [2.75, 3.05) is 18.0 Å². The molecule has 0 atom stereocenters. The summed E-state index contributed by atoms with van der Waals surface area (Å²) in [6, 6.07) is 21.4. The second-order valence-corrected chi connectivity index (χ2v) is 12.6. The predicted octanol–water partition coefficient (Wildman–Crippen LogP) is 6.85. The van der Waals surface area contributed by atoms with Crippen LogP contribution in [0.3, 0.4) is 0 Å². The minimum absolute atomic E-state index is 0.0325. The van der Waals surface area contributed by atoms with Crippen molar-refractivity contribution in [1.29, 1.82) is 0 Å². The Morgan fingerprint density at radius 2 is 1.54 bits per heavy atom. The van der Waals surface area contributed by atoms with Crippen LogP contribution in [-0.4, -0.2) is 30.9 Å². The van der Waals surface area contributed by atoms with Gasteiger partial charge in [-0.2, -0.15) is 0 Å². The third-order valence-electron chi connectivity index (χ3n) is 7.31. The zero-order valence-corrected chi connectivity index (χ0v) is 25.7. The Morgan fingerprint density at radius 1 is 0.897 bits per heavy atom. The average molecular weight is 656 g/mol. The number of benzene rings is 3. The van der Waals surface area contributed by atoms with E-state index in [0.717, 1.165) is 25.8 Å². The van der Waals surface area contributed by atoms with Crippen LogP contribution in [0, 0.1) is 0 Å². The lowest BCUT2D eigenvalue weighted by Gasteiger charge is -2.20. The molecule has 3 aromatic rings. The van der Waals surface area contributed by atoms with Gasteiger partial charge in [0.2, 0.25) is 5.91 Å². The number of ether oxygens (including phenoxy) is 1. The molecule has 0 saturated carbocycles. The molecule has 1 aliphatic carbocycles. The lowest BCUT2D eigenvalue weighted by Crippen LogP contribution is -2.41. The van der Waals surface area contributed by atoms with Crippen LogP contribution < -0.4 is 10.2 Å². The van der Waals surface area contributed by atoms with Gasteiger partial charge in [-0.25, -0.2) is 4.79 Å². The molecule has 2 aliphatic rings. The van der Waals surface area contributed by atoms with Gasteiger partial charge in [0.05, 0.1) is 5.41 Å². The molecule has 2 amide bonds. The zero-order chi connectivity index (χ0) is 28.4. The molecule has 1 aliphatic heterocycles. The molecular formula is C31H32Br2N2O4. The summed E-state index contributed by atoms with van der Waals surface area (Å²) in [5, 5.41) is 2.71. The number of nitrogens with one attached hydrogen (secondary N) is 1. The molecule has 0 unspecified atom stereocenters. The minimum Gasteiger partial charge on any atom is -0.445 e. The number of alkyl carbamates (subject to hydrolysis) is 1. The molecule has 1 N–H and O–H groups in total. The second kappa shape index (κ2) is 11.6. The molecule has 1 heterocycles. The van der Waals surface area contributed by atoms with Crippen LogP contribution in [0.15, 0.2) is 75.7 Å². The highest BCUT2D eigenvalue weighted by Gasteiger charge is 2.43. The average Bonchev–Trinajstić information content (AvgIpc) is 3.23. The van der Waals surface area contributed by atoms with Gasteiger partial charge in [-0.15, -0.1) is 0 Å². The third kappa shape index (κ3) is 6.28. The first-order valence-electron chi connectivity index (χ1n) is 12.8. The first-order chi connectivity index (χ1) is 18.4. The highest BCUT2D eigenvalue weighted by molar-refractivity contribution is 9.10. The van der Waals surface area contributed by atoms with E-state index in [4.69, 9.17) is 4.74 Å². The summed E-state index contributed by atoms with van der Waals surface area (Å²) < 4.78 is 7.16. The smallest absolute Gasteiger partial charge is 0.407 e. The van der Waals surface area contributed by atoms with Crippen molar-refractivity contribution in [2.45, 2.75) is 51.6 Å². The molecule has 0 saturated heterocycles. The Labute approximate surface area is 246 Å². The number of halogens is 2. The normalized spacial score (nSPS) is 16.2. The van der Waals surface area contributed by atoms with Crippen LogP contribution in [0.1, 0.15) is 49.9 Å². The van der Waals surface area contributed by atoms with E-state index in [2.05, 4.69) is 37.2 Å². The topological polar surface area (TPSA) is 75.7 Å². The van der Waals surface area contributed by atoms with Crippen LogP contribution in [-0.2, 0) is 38.2 Å². The summed E-state index contributed by atoms with van der Waals surface area (Å²) in [5.74, 6) is 0.352. The van der Waals surface area contributed by atoms with Gasteiger partial charge in [0.25, 0.3) is 0 Å². The monoisotopic (exact) mass is 654 g/mol. The van der Waals surface area contributed by atoms with Crippen molar-refractivity contribution in [3.63, 3.8) is 0 Å². The Kier molecular flexibility index (Phi) is 8.66. The van der Waals surface area contributed by atoms with Gasteiger partial charge in [0, 0.05) is 39.6 Å². The van der Waals surface area contributed by atoms with Crippen LogP contribution in [0.2, 0.25) is 0 Å². The fourth-order valence-electron chi connectivity index (χ4n) is 4.95. The van der Waals surface area contributed by atoms with E-state index in [0.29, 0.717) is 25.3 Å². The van der Waals surface area contributed by atoms with Crippen molar-refractivity contribution >= 4 is 55.3 Å². The van der Waals surface area contributed by atoms with Gasteiger partial charge in [-0.05, 0) is 74.2 Å². The zero-order valence-electron chi connectivity index (χ0n) is 22.5. The van der Waals surface area contributed by atoms with Crippen molar-refractivity contribution < 1.29 is 19.1 Å². The number of amides is 2. The number of Topliss-reactive ketones (excluding diaryl/α,β-unsaturated/α-hetero) is 1. The third-order valence-corrected chi connectivity index (χ3v) is 8.30. The highest BCUT2D eigenvalue weighted by atomic mass is 79.9. The van der Waals surface area contributed by atoms with Gasteiger partial charge < -0.3 is 15.0 Å². The first-order valence-corrected chi connectivity index (χ1v) is 14.4. The number of rotatable bonds is 5. The van der Waals surface area contributed by atoms with E-state index in [1.54, 1.807) is 4.90 Å². The molecule has 3 aromatic carbocycles. The molecule has 0 spiro atoms. The van der Waals surface area contributed by atoms with E-state index in [1.165, 1.54) is 11.1 Å². The van der Waals surface area contributed by atoms with Crippen LogP contribution in [0.4, 0.5) is 10.5 Å². The molecule has 0 aromatic heterocycles. The fraction of sp³-hybridized carbons (Fsp3) is 0.323. The molecule has 0 bridgehead atoms. The maximum Gasteiger partial charge on any atom is 0.407 e.